The molecule has 0 saturated carbocycles. The highest BCUT2D eigenvalue weighted by Crippen LogP contribution is 2.27. The van der Waals surface area contributed by atoms with E-state index in [1.165, 1.54) is 12.1 Å². The first-order valence-electron chi connectivity index (χ1n) is 5.80. The molecule has 2 aromatic carbocycles. The monoisotopic (exact) mass is 278 g/mol. The Morgan fingerprint density at radius 2 is 1.84 bits per heavy atom. The highest BCUT2D eigenvalue weighted by Gasteiger charge is 2.21. The Labute approximate surface area is 115 Å². The van der Waals surface area contributed by atoms with E-state index in [-0.39, 0.29) is 11.4 Å². The third kappa shape index (κ3) is 3.12. The summed E-state index contributed by atoms with van der Waals surface area (Å²) in [5.74, 6) is -2.22. The van der Waals surface area contributed by atoms with Crippen molar-refractivity contribution in [2.24, 2.45) is 0 Å². The Kier molecular flexibility index (Phi) is 4.17. The van der Waals surface area contributed by atoms with E-state index in [1.807, 2.05) is 6.07 Å². The Hall–Kier alpha value is -1.87. The van der Waals surface area contributed by atoms with Crippen molar-refractivity contribution in [1.29, 1.82) is 0 Å². The number of rotatable bonds is 4. The van der Waals surface area contributed by atoms with E-state index in [4.69, 9.17) is 11.6 Å². The zero-order valence-electron chi connectivity index (χ0n) is 10.0. The molecule has 0 heterocycles. The van der Waals surface area contributed by atoms with Crippen LogP contribution in [0.5, 0.6) is 0 Å². The van der Waals surface area contributed by atoms with Crippen LogP contribution in [0.1, 0.15) is 17.0 Å². The van der Waals surface area contributed by atoms with Crippen LogP contribution in [0.15, 0.2) is 48.5 Å². The SMILES string of the molecule is O=C(O)C(Cc1cccc(F)c1Cl)c1ccccc1. The fourth-order valence-corrected chi connectivity index (χ4v) is 2.16. The Morgan fingerprint density at radius 1 is 1.16 bits per heavy atom. The van der Waals surface area contributed by atoms with E-state index in [0.29, 0.717) is 11.1 Å². The Bertz CT molecular complexity index is 584. The first kappa shape index (κ1) is 13.6. The minimum absolute atomic E-state index is 0.00955. The highest BCUT2D eigenvalue weighted by atomic mass is 35.5. The van der Waals surface area contributed by atoms with Gasteiger partial charge in [-0.15, -0.1) is 0 Å². The number of carboxylic acid groups (broad SMARTS) is 1. The molecule has 0 aromatic heterocycles. The maximum absolute atomic E-state index is 13.4. The van der Waals surface area contributed by atoms with Gasteiger partial charge in [0.1, 0.15) is 5.82 Å². The molecule has 4 heteroatoms. The van der Waals surface area contributed by atoms with Crippen LogP contribution < -0.4 is 0 Å². The van der Waals surface area contributed by atoms with Crippen molar-refractivity contribution >= 4 is 17.6 Å². The van der Waals surface area contributed by atoms with Crippen LogP contribution in [-0.4, -0.2) is 11.1 Å². The smallest absolute Gasteiger partial charge is 0.311 e. The second kappa shape index (κ2) is 5.85. The highest BCUT2D eigenvalue weighted by molar-refractivity contribution is 6.31. The van der Waals surface area contributed by atoms with Crippen molar-refractivity contribution in [2.75, 3.05) is 0 Å². The molecule has 1 unspecified atom stereocenters. The molecule has 1 N–H and O–H groups in total. The molecule has 2 nitrogen and oxygen atoms in total. The van der Waals surface area contributed by atoms with Gasteiger partial charge in [-0.2, -0.15) is 0 Å². The lowest BCUT2D eigenvalue weighted by molar-refractivity contribution is -0.138. The summed E-state index contributed by atoms with van der Waals surface area (Å²) in [5, 5.41) is 9.30. The summed E-state index contributed by atoms with van der Waals surface area (Å²) in [5.41, 5.74) is 1.17. The fourth-order valence-electron chi connectivity index (χ4n) is 1.96. The van der Waals surface area contributed by atoms with Crippen LogP contribution in [0.4, 0.5) is 4.39 Å². The molecule has 0 fully saturated rings. The molecule has 0 bridgehead atoms. The summed E-state index contributed by atoms with van der Waals surface area (Å²) < 4.78 is 13.4. The average molecular weight is 279 g/mol. The number of carboxylic acids is 1. The molecular formula is C15H12ClFO2. The van der Waals surface area contributed by atoms with Crippen molar-refractivity contribution in [2.45, 2.75) is 12.3 Å². The fraction of sp³-hybridized carbons (Fsp3) is 0.133. The molecule has 0 amide bonds. The van der Waals surface area contributed by atoms with Crippen molar-refractivity contribution in [3.63, 3.8) is 0 Å². The van der Waals surface area contributed by atoms with Crippen LogP contribution in [0.2, 0.25) is 5.02 Å². The second-order valence-electron chi connectivity index (χ2n) is 4.22. The van der Waals surface area contributed by atoms with E-state index < -0.39 is 17.7 Å². The summed E-state index contributed by atoms with van der Waals surface area (Å²) in [6.45, 7) is 0. The molecule has 0 radical (unpaired) electrons. The maximum Gasteiger partial charge on any atom is 0.311 e. The minimum Gasteiger partial charge on any atom is -0.481 e. The van der Waals surface area contributed by atoms with Gasteiger partial charge in [0, 0.05) is 0 Å². The molecule has 0 aliphatic rings. The molecule has 19 heavy (non-hydrogen) atoms. The number of aliphatic carboxylic acids is 1. The largest absolute Gasteiger partial charge is 0.481 e. The summed E-state index contributed by atoms with van der Waals surface area (Å²) in [6.07, 6.45) is 0.163. The molecular weight excluding hydrogens is 267 g/mol. The van der Waals surface area contributed by atoms with Crippen molar-refractivity contribution in [3.05, 3.63) is 70.5 Å². The van der Waals surface area contributed by atoms with E-state index in [2.05, 4.69) is 0 Å². The second-order valence-corrected chi connectivity index (χ2v) is 4.60. The Balaban J connectivity index is 2.32. The van der Waals surface area contributed by atoms with Gasteiger partial charge in [0.15, 0.2) is 0 Å². The molecule has 0 aliphatic carbocycles. The van der Waals surface area contributed by atoms with Crippen LogP contribution in [0.25, 0.3) is 0 Å². The van der Waals surface area contributed by atoms with Crippen LogP contribution in [0, 0.1) is 5.82 Å². The number of carbonyl (C=O) groups is 1. The number of benzene rings is 2. The molecule has 2 rings (SSSR count). The number of halogens is 2. The van der Waals surface area contributed by atoms with Crippen LogP contribution in [0.3, 0.4) is 0 Å². The van der Waals surface area contributed by atoms with Crippen molar-refractivity contribution in [1.82, 2.24) is 0 Å². The zero-order valence-corrected chi connectivity index (χ0v) is 10.8. The topological polar surface area (TPSA) is 37.3 Å². The van der Waals surface area contributed by atoms with Crippen LogP contribution >= 0.6 is 11.6 Å². The van der Waals surface area contributed by atoms with E-state index in [1.54, 1.807) is 30.3 Å². The molecule has 98 valence electrons. The van der Waals surface area contributed by atoms with E-state index >= 15 is 0 Å². The summed E-state index contributed by atoms with van der Waals surface area (Å²) in [7, 11) is 0. The minimum atomic E-state index is -0.952. The van der Waals surface area contributed by atoms with Crippen molar-refractivity contribution < 1.29 is 14.3 Å². The number of hydrogen-bond donors (Lipinski definition) is 1. The van der Waals surface area contributed by atoms with Gasteiger partial charge < -0.3 is 5.11 Å². The van der Waals surface area contributed by atoms with Gasteiger partial charge in [0.2, 0.25) is 0 Å². The predicted octanol–water partition coefficient (Wildman–Crippen LogP) is 3.89. The normalized spacial score (nSPS) is 12.1. The molecule has 2 aromatic rings. The molecule has 1 atom stereocenters. The summed E-state index contributed by atoms with van der Waals surface area (Å²) in [4.78, 5) is 11.4. The molecule has 0 spiro atoms. The lowest BCUT2D eigenvalue weighted by Crippen LogP contribution is -2.14. The van der Waals surface area contributed by atoms with Gasteiger partial charge in [-0.25, -0.2) is 4.39 Å². The van der Waals surface area contributed by atoms with Gasteiger partial charge in [0.25, 0.3) is 0 Å². The van der Waals surface area contributed by atoms with Gasteiger partial charge >= 0.3 is 5.97 Å². The first-order chi connectivity index (χ1) is 9.09. The number of hydrogen-bond acceptors (Lipinski definition) is 1. The maximum atomic E-state index is 13.4. The standard InChI is InChI=1S/C15H12ClFO2/c16-14-11(7-4-8-13(14)17)9-12(15(18)19)10-5-2-1-3-6-10/h1-8,12H,9H2,(H,18,19). The van der Waals surface area contributed by atoms with Crippen LogP contribution in [-0.2, 0) is 11.2 Å². The third-order valence-corrected chi connectivity index (χ3v) is 3.38. The zero-order chi connectivity index (χ0) is 13.8. The van der Waals surface area contributed by atoms with E-state index in [9.17, 15) is 14.3 Å². The summed E-state index contributed by atoms with van der Waals surface area (Å²) >= 11 is 5.86. The lowest BCUT2D eigenvalue weighted by atomic mass is 9.92. The van der Waals surface area contributed by atoms with Gasteiger partial charge in [0.05, 0.1) is 10.9 Å². The van der Waals surface area contributed by atoms with Gasteiger partial charge in [-0.05, 0) is 23.6 Å². The Morgan fingerprint density at radius 3 is 2.47 bits per heavy atom. The van der Waals surface area contributed by atoms with E-state index in [0.717, 1.165) is 0 Å². The average Bonchev–Trinajstić information content (AvgIpc) is 2.41. The third-order valence-electron chi connectivity index (χ3n) is 2.96. The van der Waals surface area contributed by atoms with Crippen molar-refractivity contribution in [3.8, 4) is 0 Å². The molecule has 0 aliphatic heterocycles. The quantitative estimate of drug-likeness (QED) is 0.921. The van der Waals surface area contributed by atoms with Gasteiger partial charge in [-0.1, -0.05) is 54.1 Å². The first-order valence-corrected chi connectivity index (χ1v) is 6.18. The van der Waals surface area contributed by atoms with Gasteiger partial charge in [-0.3, -0.25) is 4.79 Å². The predicted molar refractivity (Wildman–Crippen MR) is 71.9 cm³/mol. The summed E-state index contributed by atoms with van der Waals surface area (Å²) in [6, 6.07) is 13.3. The lowest BCUT2D eigenvalue weighted by Gasteiger charge is -2.14. The molecule has 0 saturated heterocycles.